The molecule has 1 aromatic rings. The molecule has 0 spiro atoms. The van der Waals surface area contributed by atoms with Crippen LogP contribution in [0.1, 0.15) is 41.1 Å². The molecule has 2 rings (SSSR count). The summed E-state index contributed by atoms with van der Waals surface area (Å²) in [7, 11) is 0. The number of rotatable bonds is 3. The van der Waals surface area contributed by atoms with Gasteiger partial charge < -0.3 is 4.42 Å². The van der Waals surface area contributed by atoms with Gasteiger partial charge in [-0.05, 0) is 38.7 Å². The van der Waals surface area contributed by atoms with Crippen molar-refractivity contribution >= 4 is 11.8 Å². The van der Waals surface area contributed by atoms with Crippen molar-refractivity contribution in [1.29, 1.82) is 0 Å². The van der Waals surface area contributed by atoms with Gasteiger partial charge in [0.2, 0.25) is 5.91 Å². The third-order valence-corrected chi connectivity index (χ3v) is 3.16. The van der Waals surface area contributed by atoms with E-state index in [1.54, 1.807) is 19.9 Å². The zero-order valence-corrected chi connectivity index (χ0v) is 11.2. The van der Waals surface area contributed by atoms with E-state index in [1.807, 2.05) is 6.08 Å². The minimum absolute atomic E-state index is 0.178. The first-order valence-electron chi connectivity index (χ1n) is 6.39. The molecule has 0 radical (unpaired) electrons. The van der Waals surface area contributed by atoms with E-state index in [1.165, 1.54) is 0 Å². The topological polar surface area (TPSA) is 71.3 Å². The zero-order valence-electron chi connectivity index (χ0n) is 11.2. The third kappa shape index (κ3) is 3.47. The lowest BCUT2D eigenvalue weighted by molar-refractivity contribution is -0.122. The first-order valence-corrected chi connectivity index (χ1v) is 6.39. The molecule has 0 unspecified atom stereocenters. The Balaban J connectivity index is 1.81. The second-order valence-electron chi connectivity index (χ2n) is 4.80. The Hall–Kier alpha value is -2.04. The van der Waals surface area contributed by atoms with Crippen LogP contribution in [0.4, 0.5) is 0 Å². The van der Waals surface area contributed by atoms with E-state index >= 15 is 0 Å². The highest BCUT2D eigenvalue weighted by molar-refractivity contribution is 5.96. The molecular weight excluding hydrogens is 244 g/mol. The number of hydrogen-bond donors (Lipinski definition) is 2. The van der Waals surface area contributed by atoms with Gasteiger partial charge in [-0.3, -0.25) is 20.4 Å². The van der Waals surface area contributed by atoms with Gasteiger partial charge in [0.25, 0.3) is 5.91 Å². The minimum Gasteiger partial charge on any atom is -0.466 e. The van der Waals surface area contributed by atoms with Crippen LogP contribution < -0.4 is 10.9 Å². The Morgan fingerprint density at radius 1 is 1.37 bits per heavy atom. The normalized spacial score (nSPS) is 17.5. The molecule has 0 fully saturated rings. The number of furan rings is 1. The number of hydrogen-bond acceptors (Lipinski definition) is 3. The first kappa shape index (κ1) is 13.4. The lowest BCUT2D eigenvalue weighted by atomic mass is 10.1. The average molecular weight is 262 g/mol. The van der Waals surface area contributed by atoms with E-state index in [4.69, 9.17) is 4.42 Å². The monoisotopic (exact) mass is 262 g/mol. The fraction of sp³-hybridized carbons (Fsp3) is 0.429. The lowest BCUT2D eigenvalue weighted by Gasteiger charge is -2.09. The van der Waals surface area contributed by atoms with Crippen molar-refractivity contribution < 1.29 is 14.0 Å². The van der Waals surface area contributed by atoms with Gasteiger partial charge in [-0.15, -0.1) is 0 Å². The van der Waals surface area contributed by atoms with Crippen LogP contribution in [-0.2, 0) is 4.79 Å². The molecule has 0 saturated heterocycles. The molecule has 0 aliphatic heterocycles. The zero-order chi connectivity index (χ0) is 13.8. The number of hydrazine groups is 1. The SMILES string of the molecule is Cc1cc(C(=O)NNC(=O)C[C@@H]2C=CCC2)c(C)o1. The Bertz CT molecular complexity index is 517. The molecular formula is C14H18N2O3. The van der Waals surface area contributed by atoms with Crippen LogP contribution in [0, 0.1) is 19.8 Å². The summed E-state index contributed by atoms with van der Waals surface area (Å²) in [5.74, 6) is 0.968. The number of nitrogens with one attached hydrogen (secondary N) is 2. The van der Waals surface area contributed by atoms with Gasteiger partial charge in [-0.2, -0.15) is 0 Å². The highest BCUT2D eigenvalue weighted by atomic mass is 16.3. The number of allylic oxidation sites excluding steroid dienone is 2. The van der Waals surface area contributed by atoms with Gasteiger partial charge in [0.1, 0.15) is 11.5 Å². The van der Waals surface area contributed by atoms with Gasteiger partial charge >= 0.3 is 0 Å². The number of aryl methyl sites for hydroxylation is 2. The van der Waals surface area contributed by atoms with Crippen LogP contribution in [0.25, 0.3) is 0 Å². The maximum Gasteiger partial charge on any atom is 0.273 e. The molecule has 2 N–H and O–H groups in total. The Kier molecular flexibility index (Phi) is 4.04. The minimum atomic E-state index is -0.357. The molecule has 5 heteroatoms. The van der Waals surface area contributed by atoms with Gasteiger partial charge in [0, 0.05) is 6.42 Å². The summed E-state index contributed by atoms with van der Waals surface area (Å²) in [6, 6.07) is 1.65. The van der Waals surface area contributed by atoms with Gasteiger partial charge in [0.15, 0.2) is 0 Å². The van der Waals surface area contributed by atoms with Crippen molar-refractivity contribution in [3.63, 3.8) is 0 Å². The van der Waals surface area contributed by atoms with Gasteiger partial charge in [0.05, 0.1) is 5.56 Å². The molecule has 1 aliphatic rings. The molecule has 0 aromatic carbocycles. The fourth-order valence-corrected chi connectivity index (χ4v) is 2.20. The lowest BCUT2D eigenvalue weighted by Crippen LogP contribution is -2.42. The van der Waals surface area contributed by atoms with Crippen LogP contribution in [0.15, 0.2) is 22.6 Å². The molecule has 5 nitrogen and oxygen atoms in total. The number of carbonyl (C=O) groups excluding carboxylic acids is 2. The third-order valence-electron chi connectivity index (χ3n) is 3.16. The molecule has 0 saturated carbocycles. The Morgan fingerprint density at radius 2 is 2.16 bits per heavy atom. The summed E-state index contributed by atoms with van der Waals surface area (Å²) < 4.78 is 5.27. The molecule has 1 atom stereocenters. The van der Waals surface area contributed by atoms with Crippen molar-refractivity contribution in [2.45, 2.75) is 33.1 Å². The quantitative estimate of drug-likeness (QED) is 0.646. The van der Waals surface area contributed by atoms with E-state index in [0.717, 1.165) is 12.8 Å². The van der Waals surface area contributed by atoms with E-state index in [2.05, 4.69) is 16.9 Å². The molecule has 0 bridgehead atoms. The molecule has 102 valence electrons. The predicted molar refractivity (Wildman–Crippen MR) is 70.3 cm³/mol. The molecule has 1 aliphatic carbocycles. The van der Waals surface area contributed by atoms with Crippen LogP contribution in [0.2, 0.25) is 0 Å². The largest absolute Gasteiger partial charge is 0.466 e. The second kappa shape index (κ2) is 5.73. The van der Waals surface area contributed by atoms with Crippen molar-refractivity contribution in [3.05, 3.63) is 35.3 Å². The second-order valence-corrected chi connectivity index (χ2v) is 4.80. The smallest absolute Gasteiger partial charge is 0.273 e. The highest BCUT2D eigenvalue weighted by Crippen LogP contribution is 2.19. The van der Waals surface area contributed by atoms with Crippen molar-refractivity contribution in [1.82, 2.24) is 10.9 Å². The van der Waals surface area contributed by atoms with Crippen LogP contribution in [-0.4, -0.2) is 11.8 Å². The molecule has 19 heavy (non-hydrogen) atoms. The standard InChI is InChI=1S/C14H18N2O3/c1-9-7-12(10(2)19-9)14(18)16-15-13(17)8-11-5-3-4-6-11/h3,5,7,11H,4,6,8H2,1-2H3,(H,15,17)(H,16,18)/t11-/m1/s1. The van der Waals surface area contributed by atoms with Crippen LogP contribution >= 0.6 is 0 Å². The predicted octanol–water partition coefficient (Wildman–Crippen LogP) is 2.01. The summed E-state index contributed by atoms with van der Waals surface area (Å²) in [5, 5.41) is 0. The average Bonchev–Trinajstić information content (AvgIpc) is 2.96. The van der Waals surface area contributed by atoms with E-state index in [9.17, 15) is 9.59 Å². The molecule has 2 amide bonds. The number of amides is 2. The fourth-order valence-electron chi connectivity index (χ4n) is 2.20. The maximum absolute atomic E-state index is 11.8. The van der Waals surface area contributed by atoms with E-state index in [-0.39, 0.29) is 17.7 Å². The molecule has 1 heterocycles. The number of carbonyl (C=O) groups is 2. The highest BCUT2D eigenvalue weighted by Gasteiger charge is 2.16. The maximum atomic E-state index is 11.8. The molecule has 1 aromatic heterocycles. The summed E-state index contributed by atoms with van der Waals surface area (Å²) in [6.45, 7) is 3.49. The summed E-state index contributed by atoms with van der Waals surface area (Å²) in [5.41, 5.74) is 5.28. The van der Waals surface area contributed by atoms with Crippen LogP contribution in [0.5, 0.6) is 0 Å². The van der Waals surface area contributed by atoms with Crippen molar-refractivity contribution in [2.75, 3.05) is 0 Å². The van der Waals surface area contributed by atoms with Crippen molar-refractivity contribution in [2.24, 2.45) is 5.92 Å². The summed E-state index contributed by atoms with van der Waals surface area (Å²) >= 11 is 0. The Labute approximate surface area is 112 Å². The van der Waals surface area contributed by atoms with Crippen molar-refractivity contribution in [3.8, 4) is 0 Å². The van der Waals surface area contributed by atoms with E-state index < -0.39 is 0 Å². The van der Waals surface area contributed by atoms with Crippen LogP contribution in [0.3, 0.4) is 0 Å². The van der Waals surface area contributed by atoms with Gasteiger partial charge in [-0.25, -0.2) is 0 Å². The van der Waals surface area contributed by atoms with Gasteiger partial charge in [-0.1, -0.05) is 12.2 Å². The summed E-state index contributed by atoms with van der Waals surface area (Å²) in [6.07, 6.45) is 6.55. The Morgan fingerprint density at radius 3 is 2.74 bits per heavy atom. The summed E-state index contributed by atoms with van der Waals surface area (Å²) in [4.78, 5) is 23.5. The van der Waals surface area contributed by atoms with E-state index in [0.29, 0.717) is 23.5 Å². The first-order chi connectivity index (χ1) is 9.06.